The van der Waals surface area contributed by atoms with Gasteiger partial charge in [0.05, 0.1) is 4.92 Å². The molecule has 1 saturated carbocycles. The fraction of sp³-hybridized carbons (Fsp3) is 0.556. The van der Waals surface area contributed by atoms with Crippen LogP contribution in [0.3, 0.4) is 0 Å². The molecule has 1 fully saturated rings. The van der Waals surface area contributed by atoms with Crippen LogP contribution in [0.1, 0.15) is 45.6 Å². The van der Waals surface area contributed by atoms with Gasteiger partial charge in [0.15, 0.2) is 0 Å². The molecular weight excluding hydrogens is 419 g/mol. The fourth-order valence-corrected chi connectivity index (χ4v) is 5.84. The van der Waals surface area contributed by atoms with Gasteiger partial charge < -0.3 is 4.74 Å². The van der Waals surface area contributed by atoms with Gasteiger partial charge >= 0.3 is 6.09 Å². The largest absolute Gasteiger partial charge is 0.444 e. The number of nitro groups is 1. The third kappa shape index (κ3) is 3.71. The predicted molar refractivity (Wildman–Crippen MR) is 106 cm³/mol. The first-order valence-electron chi connectivity index (χ1n) is 9.30. The summed E-state index contributed by atoms with van der Waals surface area (Å²) >= 11 is 0. The zero-order valence-electron chi connectivity index (χ0n) is 17.0. The Bertz CT molecular complexity index is 1040. The van der Waals surface area contributed by atoms with Gasteiger partial charge in [-0.05, 0) is 46.1 Å². The number of alkyl carbamates (subject to hydrolysis) is 1. The highest BCUT2D eigenvalue weighted by molar-refractivity contribution is 7.90. The molecule has 164 valence electrons. The molecule has 2 aliphatic rings. The number of carbonyl (C=O) groups is 1. The number of non-ortho nitro benzene ring substituents is 1. The maximum absolute atomic E-state index is 14.8. The number of nitro benzene ring substituents is 1. The SMILES string of the molecule is CN1C(NC(=O)OC(C)(C)C)=N[C@]2(c3cc([N+](=O)[O-])ccc3F)CCC[C@@H]2S1(=O)=O. The number of aliphatic imine (C=N–C) groups is 1. The second kappa shape index (κ2) is 7.18. The van der Waals surface area contributed by atoms with E-state index in [1.54, 1.807) is 20.8 Å². The molecule has 1 N–H and O–H groups in total. The van der Waals surface area contributed by atoms with E-state index >= 15 is 0 Å². The van der Waals surface area contributed by atoms with Crippen LogP contribution in [0.5, 0.6) is 0 Å². The first kappa shape index (κ1) is 21.9. The maximum Gasteiger partial charge on any atom is 0.414 e. The molecule has 0 radical (unpaired) electrons. The minimum Gasteiger partial charge on any atom is -0.444 e. The van der Waals surface area contributed by atoms with Crippen LogP contribution in [-0.4, -0.2) is 47.6 Å². The molecule has 30 heavy (non-hydrogen) atoms. The van der Waals surface area contributed by atoms with Crippen LogP contribution >= 0.6 is 0 Å². The van der Waals surface area contributed by atoms with Gasteiger partial charge in [-0.15, -0.1) is 0 Å². The fourth-order valence-electron chi connectivity index (χ4n) is 3.88. The summed E-state index contributed by atoms with van der Waals surface area (Å²) in [5.41, 5.74) is -2.98. The van der Waals surface area contributed by atoms with Crippen LogP contribution in [-0.2, 0) is 20.3 Å². The van der Waals surface area contributed by atoms with Crippen molar-refractivity contribution in [3.05, 3.63) is 39.7 Å². The van der Waals surface area contributed by atoms with E-state index in [-0.39, 0.29) is 30.1 Å². The van der Waals surface area contributed by atoms with Gasteiger partial charge in [-0.2, -0.15) is 0 Å². The number of amides is 1. The van der Waals surface area contributed by atoms with Crippen molar-refractivity contribution in [3.8, 4) is 0 Å². The molecule has 2 atom stereocenters. The van der Waals surface area contributed by atoms with Crippen LogP contribution in [0.4, 0.5) is 14.9 Å². The number of fused-ring (bicyclic) bond motifs is 1. The third-order valence-corrected chi connectivity index (χ3v) is 7.42. The second-order valence-electron chi connectivity index (χ2n) is 8.30. The van der Waals surface area contributed by atoms with Gasteiger partial charge in [0.1, 0.15) is 22.2 Å². The van der Waals surface area contributed by atoms with E-state index in [9.17, 15) is 27.7 Å². The minimum absolute atomic E-state index is 0.155. The van der Waals surface area contributed by atoms with Crippen LogP contribution in [0.2, 0.25) is 0 Å². The first-order chi connectivity index (χ1) is 13.8. The van der Waals surface area contributed by atoms with Crippen molar-refractivity contribution in [3.63, 3.8) is 0 Å². The highest BCUT2D eigenvalue weighted by Crippen LogP contribution is 2.50. The summed E-state index contributed by atoms with van der Waals surface area (Å²) in [5.74, 6) is -1.12. The Balaban J connectivity index is 2.16. The van der Waals surface area contributed by atoms with Gasteiger partial charge in [-0.25, -0.2) is 26.9 Å². The molecule has 12 heteroatoms. The van der Waals surface area contributed by atoms with Crippen molar-refractivity contribution in [2.45, 2.75) is 56.4 Å². The number of sulfonamides is 1. The minimum atomic E-state index is -4.04. The molecule has 0 spiro atoms. The van der Waals surface area contributed by atoms with Gasteiger partial charge in [0.2, 0.25) is 16.0 Å². The molecule has 1 amide bonds. The number of nitrogens with zero attached hydrogens (tertiary/aromatic N) is 3. The molecule has 1 aromatic carbocycles. The quantitative estimate of drug-likeness (QED) is 0.553. The Kier molecular flexibility index (Phi) is 5.25. The Hall–Kier alpha value is -2.76. The number of ether oxygens (including phenoxy) is 1. The smallest absolute Gasteiger partial charge is 0.414 e. The highest BCUT2D eigenvalue weighted by Gasteiger charge is 2.57. The van der Waals surface area contributed by atoms with E-state index in [2.05, 4.69) is 10.3 Å². The van der Waals surface area contributed by atoms with Crippen LogP contribution in [0.25, 0.3) is 0 Å². The number of hydrogen-bond donors (Lipinski definition) is 1. The van der Waals surface area contributed by atoms with Gasteiger partial charge in [0, 0.05) is 24.7 Å². The molecule has 1 aliphatic carbocycles. The maximum atomic E-state index is 14.8. The lowest BCUT2D eigenvalue weighted by molar-refractivity contribution is -0.385. The number of benzene rings is 1. The summed E-state index contributed by atoms with van der Waals surface area (Å²) in [4.78, 5) is 27.2. The molecule has 3 rings (SSSR count). The summed E-state index contributed by atoms with van der Waals surface area (Å²) in [5, 5.41) is 12.4. The summed E-state index contributed by atoms with van der Waals surface area (Å²) < 4.78 is 47.2. The van der Waals surface area contributed by atoms with Gasteiger partial charge in [0.25, 0.3) is 5.69 Å². The summed E-state index contributed by atoms with van der Waals surface area (Å²) in [6.45, 7) is 4.92. The Morgan fingerprint density at radius 2 is 2.10 bits per heavy atom. The average Bonchev–Trinajstić information content (AvgIpc) is 3.04. The van der Waals surface area contributed by atoms with Gasteiger partial charge in [-0.3, -0.25) is 15.4 Å². The van der Waals surface area contributed by atoms with Crippen molar-refractivity contribution < 1.29 is 27.3 Å². The standard InChI is InChI=1S/C18H23FN4O6S/c1-17(2,3)29-16(24)20-15-21-18(9-5-6-14(18)30(27,28)22(15)4)12-10-11(23(25)26)7-8-13(12)19/h7-8,10,14H,5-6,9H2,1-4H3,(H,20,21,24)/t14-,18-/m0/s1. The number of nitrogens with one attached hydrogen (secondary N) is 1. The van der Waals surface area contributed by atoms with E-state index in [4.69, 9.17) is 4.74 Å². The Morgan fingerprint density at radius 3 is 2.70 bits per heavy atom. The first-order valence-corrected chi connectivity index (χ1v) is 10.8. The highest BCUT2D eigenvalue weighted by atomic mass is 32.2. The molecule has 1 heterocycles. The number of guanidine groups is 1. The van der Waals surface area contributed by atoms with Crippen molar-refractivity contribution in [1.82, 2.24) is 9.62 Å². The lowest BCUT2D eigenvalue weighted by atomic mass is 9.87. The van der Waals surface area contributed by atoms with E-state index in [1.165, 1.54) is 7.05 Å². The molecule has 0 unspecified atom stereocenters. The van der Waals surface area contributed by atoms with E-state index < -0.39 is 43.2 Å². The number of halogens is 1. The molecular formula is C18H23FN4O6S. The third-order valence-electron chi connectivity index (χ3n) is 5.14. The van der Waals surface area contributed by atoms with Crippen molar-refractivity contribution in [2.24, 2.45) is 4.99 Å². The summed E-state index contributed by atoms with van der Waals surface area (Å²) in [7, 11) is -2.80. The summed E-state index contributed by atoms with van der Waals surface area (Å²) in [6.07, 6.45) is -0.141. The molecule has 0 bridgehead atoms. The second-order valence-corrected chi connectivity index (χ2v) is 10.4. The molecule has 0 saturated heterocycles. The average molecular weight is 442 g/mol. The molecule has 1 aliphatic heterocycles. The Labute approximate surface area is 173 Å². The van der Waals surface area contributed by atoms with E-state index in [0.29, 0.717) is 6.42 Å². The van der Waals surface area contributed by atoms with Gasteiger partial charge in [-0.1, -0.05) is 0 Å². The summed E-state index contributed by atoms with van der Waals surface area (Å²) in [6, 6.07) is 2.95. The van der Waals surface area contributed by atoms with E-state index in [1.807, 2.05) is 0 Å². The predicted octanol–water partition coefficient (Wildman–Crippen LogP) is 2.64. The topological polar surface area (TPSA) is 131 Å². The molecule has 0 aromatic heterocycles. The normalized spacial score (nSPS) is 25.3. The number of hydrogen-bond acceptors (Lipinski definition) is 7. The molecule has 1 aromatic rings. The lowest BCUT2D eigenvalue weighted by Gasteiger charge is -2.40. The number of rotatable bonds is 2. The zero-order chi connectivity index (χ0) is 22.5. The van der Waals surface area contributed by atoms with Crippen LogP contribution in [0, 0.1) is 15.9 Å². The zero-order valence-corrected chi connectivity index (χ0v) is 17.8. The van der Waals surface area contributed by atoms with Crippen molar-refractivity contribution in [1.29, 1.82) is 0 Å². The monoisotopic (exact) mass is 442 g/mol. The van der Waals surface area contributed by atoms with Crippen molar-refractivity contribution in [2.75, 3.05) is 7.05 Å². The molecule has 10 nitrogen and oxygen atoms in total. The number of carbonyl (C=O) groups excluding carboxylic acids is 1. The van der Waals surface area contributed by atoms with Crippen LogP contribution in [0.15, 0.2) is 23.2 Å². The van der Waals surface area contributed by atoms with E-state index in [0.717, 1.165) is 22.5 Å². The van der Waals surface area contributed by atoms with Crippen LogP contribution < -0.4 is 5.32 Å². The van der Waals surface area contributed by atoms with Crippen molar-refractivity contribution >= 4 is 27.8 Å². The Morgan fingerprint density at radius 1 is 1.43 bits per heavy atom. The lowest BCUT2D eigenvalue weighted by Crippen LogP contribution is -2.57.